The van der Waals surface area contributed by atoms with Crippen LogP contribution in [0.25, 0.3) is 0 Å². The molecule has 30 heavy (non-hydrogen) atoms. The number of rotatable bonds is 10. The van der Waals surface area contributed by atoms with E-state index in [1.807, 2.05) is 25.1 Å². The third-order valence-electron chi connectivity index (χ3n) is 5.35. The maximum absolute atomic E-state index is 6.56. The van der Waals surface area contributed by atoms with E-state index in [-0.39, 0.29) is 0 Å². The zero-order valence-corrected chi connectivity index (χ0v) is 19.8. The van der Waals surface area contributed by atoms with Crippen molar-refractivity contribution in [1.82, 2.24) is 10.2 Å². The summed E-state index contributed by atoms with van der Waals surface area (Å²) in [6.07, 6.45) is 2.54. The number of halogens is 3. The second kappa shape index (κ2) is 11.4. The van der Waals surface area contributed by atoms with Crippen LogP contribution >= 0.6 is 34.8 Å². The van der Waals surface area contributed by atoms with Crippen molar-refractivity contribution in [3.05, 3.63) is 56.5 Å². The molecule has 1 aliphatic rings. The summed E-state index contributed by atoms with van der Waals surface area (Å²) in [7, 11) is 0. The molecule has 0 unspecified atom stereocenters. The third kappa shape index (κ3) is 6.18. The van der Waals surface area contributed by atoms with Crippen molar-refractivity contribution in [2.45, 2.75) is 45.9 Å². The Morgan fingerprint density at radius 1 is 1.00 bits per heavy atom. The highest BCUT2D eigenvalue weighted by molar-refractivity contribution is 6.42. The standard InChI is InChI=1S/C23H29Cl3N2O2/c1-3-28-9-5-6-18(28)14-27-13-17-11-21(26)23(22(12-17)29-4-2)30-15-16-7-8-19(24)20(25)10-16/h7-8,10-12,18,27H,3-6,9,13-15H2,1-2H3/t18-/m1/s1. The number of benzene rings is 2. The first-order valence-corrected chi connectivity index (χ1v) is 11.6. The van der Waals surface area contributed by atoms with Crippen molar-refractivity contribution in [3.8, 4) is 11.5 Å². The Balaban J connectivity index is 1.64. The molecule has 4 nitrogen and oxygen atoms in total. The molecule has 1 saturated heterocycles. The first-order chi connectivity index (χ1) is 14.5. The number of hydrogen-bond acceptors (Lipinski definition) is 4. The Kier molecular flexibility index (Phi) is 8.97. The van der Waals surface area contributed by atoms with Gasteiger partial charge in [0, 0.05) is 19.1 Å². The molecule has 1 atom stereocenters. The van der Waals surface area contributed by atoms with E-state index in [0.29, 0.717) is 45.8 Å². The van der Waals surface area contributed by atoms with Crippen molar-refractivity contribution < 1.29 is 9.47 Å². The lowest BCUT2D eigenvalue weighted by molar-refractivity contribution is 0.259. The molecular formula is C23H29Cl3N2O2. The summed E-state index contributed by atoms with van der Waals surface area (Å²) >= 11 is 18.6. The third-order valence-corrected chi connectivity index (χ3v) is 6.37. The number of likely N-dealkylation sites (N-methyl/N-ethyl adjacent to an activating group) is 1. The molecule has 0 aromatic heterocycles. The SMILES string of the molecule is CCOc1cc(CNC[C@H]2CCCN2CC)cc(Cl)c1OCc1ccc(Cl)c(Cl)c1. The molecule has 0 radical (unpaired) electrons. The normalized spacial score (nSPS) is 16.8. The highest BCUT2D eigenvalue weighted by Gasteiger charge is 2.22. The van der Waals surface area contributed by atoms with Gasteiger partial charge in [0.15, 0.2) is 11.5 Å². The lowest BCUT2D eigenvalue weighted by atomic mass is 10.1. The smallest absolute Gasteiger partial charge is 0.180 e. The molecule has 0 amide bonds. The monoisotopic (exact) mass is 470 g/mol. The van der Waals surface area contributed by atoms with Crippen LogP contribution in [0.5, 0.6) is 11.5 Å². The van der Waals surface area contributed by atoms with Crippen LogP contribution in [0.4, 0.5) is 0 Å². The van der Waals surface area contributed by atoms with Gasteiger partial charge in [-0.15, -0.1) is 0 Å². The summed E-state index contributed by atoms with van der Waals surface area (Å²) in [6, 6.07) is 9.98. The fraction of sp³-hybridized carbons (Fsp3) is 0.478. The van der Waals surface area contributed by atoms with Gasteiger partial charge in [-0.05, 0) is 68.2 Å². The molecule has 3 rings (SSSR count). The van der Waals surface area contributed by atoms with Gasteiger partial charge in [-0.3, -0.25) is 4.90 Å². The number of nitrogens with zero attached hydrogens (tertiary/aromatic N) is 1. The minimum Gasteiger partial charge on any atom is -0.490 e. The van der Waals surface area contributed by atoms with Crippen LogP contribution in [0.2, 0.25) is 15.1 Å². The summed E-state index contributed by atoms with van der Waals surface area (Å²) in [5, 5.41) is 5.12. The van der Waals surface area contributed by atoms with Crippen LogP contribution < -0.4 is 14.8 Å². The fourth-order valence-electron chi connectivity index (χ4n) is 3.84. The van der Waals surface area contributed by atoms with E-state index in [9.17, 15) is 0 Å². The van der Waals surface area contributed by atoms with Gasteiger partial charge >= 0.3 is 0 Å². The zero-order valence-electron chi connectivity index (χ0n) is 17.5. The van der Waals surface area contributed by atoms with Crippen molar-refractivity contribution in [3.63, 3.8) is 0 Å². The van der Waals surface area contributed by atoms with Crippen LogP contribution in [0.3, 0.4) is 0 Å². The van der Waals surface area contributed by atoms with Gasteiger partial charge in [-0.25, -0.2) is 0 Å². The molecular weight excluding hydrogens is 443 g/mol. The molecule has 2 aromatic carbocycles. The van der Waals surface area contributed by atoms with E-state index < -0.39 is 0 Å². The van der Waals surface area contributed by atoms with E-state index in [1.165, 1.54) is 19.4 Å². The van der Waals surface area contributed by atoms with E-state index in [4.69, 9.17) is 44.3 Å². The summed E-state index contributed by atoms with van der Waals surface area (Å²) in [6.45, 7) is 9.05. The molecule has 164 valence electrons. The lowest BCUT2D eigenvalue weighted by Crippen LogP contribution is -2.37. The van der Waals surface area contributed by atoms with Crippen LogP contribution in [0.15, 0.2) is 30.3 Å². The molecule has 0 bridgehead atoms. The van der Waals surface area contributed by atoms with E-state index >= 15 is 0 Å². The molecule has 0 saturated carbocycles. The molecule has 1 fully saturated rings. The van der Waals surface area contributed by atoms with Crippen molar-refractivity contribution >= 4 is 34.8 Å². The largest absolute Gasteiger partial charge is 0.490 e. The minimum atomic E-state index is 0.322. The lowest BCUT2D eigenvalue weighted by Gasteiger charge is -2.23. The van der Waals surface area contributed by atoms with E-state index in [2.05, 4.69) is 17.1 Å². The van der Waals surface area contributed by atoms with Gasteiger partial charge in [0.05, 0.1) is 21.7 Å². The van der Waals surface area contributed by atoms with Crippen LogP contribution in [0.1, 0.15) is 37.8 Å². The average Bonchev–Trinajstić information content (AvgIpc) is 3.18. The van der Waals surface area contributed by atoms with Gasteiger partial charge < -0.3 is 14.8 Å². The van der Waals surface area contributed by atoms with Gasteiger partial charge in [0.1, 0.15) is 6.61 Å². The second-order valence-electron chi connectivity index (χ2n) is 7.43. The van der Waals surface area contributed by atoms with Crippen molar-refractivity contribution in [2.24, 2.45) is 0 Å². The van der Waals surface area contributed by atoms with Gasteiger partial charge in [-0.1, -0.05) is 47.8 Å². The maximum Gasteiger partial charge on any atom is 0.180 e. The summed E-state index contributed by atoms with van der Waals surface area (Å²) in [5.41, 5.74) is 1.98. The Hall–Kier alpha value is -1.17. The van der Waals surface area contributed by atoms with E-state index in [0.717, 1.165) is 30.8 Å². The molecule has 1 aliphatic heterocycles. The number of nitrogens with one attached hydrogen (secondary N) is 1. The predicted octanol–water partition coefficient (Wildman–Crippen LogP) is 6.20. The maximum atomic E-state index is 6.56. The van der Waals surface area contributed by atoms with Crippen LogP contribution in [-0.4, -0.2) is 37.2 Å². The average molecular weight is 472 g/mol. The summed E-state index contributed by atoms with van der Waals surface area (Å²) in [5.74, 6) is 1.19. The molecule has 1 heterocycles. The quantitative estimate of drug-likeness (QED) is 0.447. The highest BCUT2D eigenvalue weighted by atomic mass is 35.5. The number of likely N-dealkylation sites (tertiary alicyclic amines) is 1. The van der Waals surface area contributed by atoms with Crippen LogP contribution in [0, 0.1) is 0 Å². The highest BCUT2D eigenvalue weighted by Crippen LogP contribution is 2.37. The predicted molar refractivity (Wildman–Crippen MR) is 125 cm³/mol. The Bertz CT molecular complexity index is 847. The summed E-state index contributed by atoms with van der Waals surface area (Å²) < 4.78 is 11.8. The Labute approximate surface area is 194 Å². The van der Waals surface area contributed by atoms with Gasteiger partial charge in [-0.2, -0.15) is 0 Å². The molecule has 7 heteroatoms. The van der Waals surface area contributed by atoms with Crippen LogP contribution in [-0.2, 0) is 13.2 Å². The number of hydrogen-bond donors (Lipinski definition) is 1. The molecule has 0 aliphatic carbocycles. The topological polar surface area (TPSA) is 33.7 Å². The molecule has 0 spiro atoms. The fourth-order valence-corrected chi connectivity index (χ4v) is 4.45. The van der Waals surface area contributed by atoms with Crippen molar-refractivity contribution in [2.75, 3.05) is 26.2 Å². The number of ether oxygens (including phenoxy) is 2. The van der Waals surface area contributed by atoms with Gasteiger partial charge in [0.25, 0.3) is 0 Å². The first-order valence-electron chi connectivity index (χ1n) is 10.5. The van der Waals surface area contributed by atoms with E-state index in [1.54, 1.807) is 12.1 Å². The van der Waals surface area contributed by atoms with Crippen molar-refractivity contribution in [1.29, 1.82) is 0 Å². The Morgan fingerprint density at radius 2 is 1.80 bits per heavy atom. The first kappa shape index (κ1) is 23.5. The van der Waals surface area contributed by atoms with Gasteiger partial charge in [0.2, 0.25) is 0 Å². The molecule has 1 N–H and O–H groups in total. The second-order valence-corrected chi connectivity index (χ2v) is 8.65. The summed E-state index contributed by atoms with van der Waals surface area (Å²) in [4.78, 5) is 2.53. The minimum absolute atomic E-state index is 0.322. The Morgan fingerprint density at radius 3 is 2.53 bits per heavy atom. The zero-order chi connectivity index (χ0) is 21.5. The molecule has 2 aromatic rings.